The van der Waals surface area contributed by atoms with E-state index in [-0.39, 0.29) is 35.3 Å². The number of carbonyl (C=O) groups is 3. The van der Waals surface area contributed by atoms with Crippen LogP contribution in [0.3, 0.4) is 0 Å². The zero-order valence-corrected chi connectivity index (χ0v) is 18.3. The van der Waals surface area contributed by atoms with E-state index < -0.39 is 23.8 Å². The van der Waals surface area contributed by atoms with Gasteiger partial charge in [-0.1, -0.05) is 5.16 Å². The van der Waals surface area contributed by atoms with Gasteiger partial charge in [0, 0.05) is 23.9 Å². The smallest absolute Gasteiger partial charge is 0.355 e. The number of hydrazine groups is 1. The zero-order chi connectivity index (χ0) is 23.0. The second-order valence-corrected chi connectivity index (χ2v) is 8.43. The van der Waals surface area contributed by atoms with Crippen molar-refractivity contribution < 1.29 is 24.3 Å². The Morgan fingerprint density at radius 1 is 1.47 bits per heavy atom. The van der Waals surface area contributed by atoms with Gasteiger partial charge < -0.3 is 21.0 Å². The molecule has 15 nitrogen and oxygen atoms in total. The number of carboxylic acid groups (broad SMARTS) is 1. The number of nitrogens with two attached hydrogens (primary N) is 1. The van der Waals surface area contributed by atoms with Gasteiger partial charge in [-0.25, -0.2) is 24.5 Å². The van der Waals surface area contributed by atoms with E-state index in [0.717, 1.165) is 28.1 Å². The van der Waals surface area contributed by atoms with E-state index in [0.29, 0.717) is 10.1 Å². The van der Waals surface area contributed by atoms with Crippen molar-refractivity contribution in [3.05, 3.63) is 21.7 Å². The molecule has 0 aromatic carbocycles. The maximum Gasteiger partial charge on any atom is 0.355 e. The van der Waals surface area contributed by atoms with Crippen LogP contribution < -0.4 is 11.1 Å². The molecular formula is C15H16N10O5S2. The summed E-state index contributed by atoms with van der Waals surface area (Å²) in [4.78, 5) is 46.8. The van der Waals surface area contributed by atoms with Crippen molar-refractivity contribution in [1.29, 1.82) is 0 Å². The van der Waals surface area contributed by atoms with Crippen LogP contribution in [-0.2, 0) is 26.3 Å². The monoisotopic (exact) mass is 480 g/mol. The summed E-state index contributed by atoms with van der Waals surface area (Å²) >= 11 is 2.17. The van der Waals surface area contributed by atoms with Crippen LogP contribution in [0.4, 0.5) is 5.13 Å². The molecule has 0 bridgehead atoms. The van der Waals surface area contributed by atoms with Crippen LogP contribution in [0.5, 0.6) is 0 Å². The number of fused-ring (bicyclic) bond motifs is 1. The molecule has 0 saturated carbocycles. The molecule has 2 aliphatic rings. The van der Waals surface area contributed by atoms with Gasteiger partial charge in [0.25, 0.3) is 11.8 Å². The van der Waals surface area contributed by atoms with Gasteiger partial charge in [0.15, 0.2) is 16.5 Å². The first kappa shape index (κ1) is 21.7. The number of amides is 2. The number of rotatable bonds is 7. The summed E-state index contributed by atoms with van der Waals surface area (Å²) in [7, 11) is 2.88. The maximum absolute atomic E-state index is 13.0. The highest BCUT2D eigenvalue weighted by atomic mass is 32.2. The number of aryl methyl sites for hydroxylation is 1. The third-order valence-electron chi connectivity index (χ3n) is 4.45. The number of nitrogens with one attached hydrogen (secondary N) is 1. The minimum atomic E-state index is -1.29. The second-order valence-electron chi connectivity index (χ2n) is 6.48. The van der Waals surface area contributed by atoms with Crippen LogP contribution in [-0.4, -0.2) is 90.1 Å². The molecule has 2 aliphatic heterocycles. The first-order chi connectivity index (χ1) is 15.3. The minimum Gasteiger partial charge on any atom is -0.476 e. The Morgan fingerprint density at radius 3 is 2.84 bits per heavy atom. The number of tetrazole rings is 1. The molecule has 0 radical (unpaired) electrons. The van der Waals surface area contributed by atoms with E-state index in [4.69, 9.17) is 10.6 Å². The topological polar surface area (TPSA) is 194 Å². The molecule has 2 amide bonds. The molecular weight excluding hydrogens is 464 g/mol. The average Bonchev–Trinajstić information content (AvgIpc) is 3.48. The fourth-order valence-corrected chi connectivity index (χ4v) is 4.64. The summed E-state index contributed by atoms with van der Waals surface area (Å²) in [5.74, 6) is -2.60. The molecule has 2 aromatic rings. The van der Waals surface area contributed by atoms with E-state index in [1.165, 1.54) is 22.2 Å². The quantitative estimate of drug-likeness (QED) is 0.299. The number of hydrogen-bond acceptors (Lipinski definition) is 13. The normalized spacial score (nSPS) is 18.9. The summed E-state index contributed by atoms with van der Waals surface area (Å²) in [6.45, 7) is 0.195. The van der Waals surface area contributed by atoms with Crippen molar-refractivity contribution in [3.63, 3.8) is 0 Å². The third kappa shape index (κ3) is 3.87. The first-order valence-electron chi connectivity index (χ1n) is 8.89. The van der Waals surface area contributed by atoms with E-state index in [9.17, 15) is 19.5 Å². The largest absolute Gasteiger partial charge is 0.476 e. The van der Waals surface area contributed by atoms with Crippen molar-refractivity contribution in [2.24, 2.45) is 12.2 Å². The summed E-state index contributed by atoms with van der Waals surface area (Å²) in [5.41, 5.74) is 5.44. The highest BCUT2D eigenvalue weighted by Gasteiger charge is 2.48. The molecule has 0 aliphatic carbocycles. The summed E-state index contributed by atoms with van der Waals surface area (Å²) in [5, 5.41) is 31.7. The van der Waals surface area contributed by atoms with Crippen LogP contribution in [0.2, 0.25) is 0 Å². The predicted octanol–water partition coefficient (Wildman–Crippen LogP) is -1.75. The lowest BCUT2D eigenvalue weighted by Crippen LogP contribution is -2.46. The SMILES string of the molecule is CO/N=C(\C(=O)N[C@H]1CN2CC(Sc3nnnn3C)=C(C(=O)O)N2C1=O)c1csc(N)n1. The fourth-order valence-electron chi connectivity index (χ4n) is 3.14. The minimum absolute atomic E-state index is 0.0575. The summed E-state index contributed by atoms with van der Waals surface area (Å²) < 4.78 is 1.39. The second kappa shape index (κ2) is 8.52. The number of nitrogen functional groups attached to an aromatic ring is 1. The molecule has 1 saturated heterocycles. The number of nitrogens with zero attached hydrogens (tertiary/aromatic N) is 8. The van der Waals surface area contributed by atoms with Gasteiger partial charge >= 0.3 is 5.97 Å². The first-order valence-corrected chi connectivity index (χ1v) is 10.6. The zero-order valence-electron chi connectivity index (χ0n) is 16.6. The van der Waals surface area contributed by atoms with Crippen LogP contribution >= 0.6 is 23.1 Å². The number of carbonyl (C=O) groups excluding carboxylic acids is 2. The Labute approximate surface area is 187 Å². The number of carboxylic acids is 1. The van der Waals surface area contributed by atoms with Crippen LogP contribution in [0.25, 0.3) is 0 Å². The molecule has 4 N–H and O–H groups in total. The molecule has 2 aromatic heterocycles. The Bertz CT molecular complexity index is 1160. The molecule has 17 heteroatoms. The van der Waals surface area contributed by atoms with Gasteiger partial charge in [-0.15, -0.1) is 16.4 Å². The fraction of sp³-hybridized carbons (Fsp3) is 0.333. The van der Waals surface area contributed by atoms with Crippen molar-refractivity contribution in [1.82, 2.24) is 40.5 Å². The summed E-state index contributed by atoms with van der Waals surface area (Å²) in [6, 6.07) is -1.00. The Balaban J connectivity index is 1.53. The maximum atomic E-state index is 13.0. The van der Waals surface area contributed by atoms with E-state index >= 15 is 0 Å². The Kier molecular flexibility index (Phi) is 5.76. The van der Waals surface area contributed by atoms with Crippen molar-refractivity contribution in [3.8, 4) is 0 Å². The lowest BCUT2D eigenvalue weighted by Gasteiger charge is -2.18. The number of thioether (sulfide) groups is 1. The van der Waals surface area contributed by atoms with E-state index in [1.54, 1.807) is 7.05 Å². The lowest BCUT2D eigenvalue weighted by molar-refractivity contribution is -0.143. The third-order valence-corrected chi connectivity index (χ3v) is 6.22. The molecule has 32 heavy (non-hydrogen) atoms. The van der Waals surface area contributed by atoms with Crippen LogP contribution in [0.1, 0.15) is 5.69 Å². The number of aromatic nitrogens is 5. The molecule has 168 valence electrons. The number of oxime groups is 1. The standard InChI is InChI=1S/C15H16N10O5S2/c1-23-15(19-21-22-23)32-8-4-24-3-6(12(27)25(24)10(8)13(28)29)17-11(26)9(20-30-2)7-5-31-14(16)18-7/h5-6H,3-4H2,1-2H3,(H2,16,18)(H,17,26)(H,28,29)/b20-9-/t6-/m0/s1. The van der Waals surface area contributed by atoms with Gasteiger partial charge in [0.1, 0.15) is 18.8 Å². The van der Waals surface area contributed by atoms with Crippen LogP contribution in [0.15, 0.2) is 26.3 Å². The van der Waals surface area contributed by atoms with Gasteiger partial charge in [-0.3, -0.25) is 9.59 Å². The molecule has 4 rings (SSSR count). The summed E-state index contributed by atoms with van der Waals surface area (Å²) in [6.07, 6.45) is 0. The van der Waals surface area contributed by atoms with Crippen LogP contribution in [0, 0.1) is 0 Å². The molecule has 0 unspecified atom stereocenters. The van der Waals surface area contributed by atoms with Gasteiger partial charge in [-0.05, 0) is 22.2 Å². The number of aliphatic carboxylic acids is 1. The molecule has 1 atom stereocenters. The van der Waals surface area contributed by atoms with Crippen molar-refractivity contribution >= 4 is 51.7 Å². The highest BCUT2D eigenvalue weighted by molar-refractivity contribution is 8.03. The molecule has 4 heterocycles. The van der Waals surface area contributed by atoms with E-state index in [2.05, 4.69) is 31.0 Å². The van der Waals surface area contributed by atoms with Gasteiger partial charge in [0.05, 0.1) is 6.54 Å². The molecule has 0 spiro atoms. The van der Waals surface area contributed by atoms with Gasteiger partial charge in [0.2, 0.25) is 5.16 Å². The predicted molar refractivity (Wildman–Crippen MR) is 110 cm³/mol. The Hall–Kier alpha value is -3.57. The number of hydrogen-bond donors (Lipinski definition) is 3. The number of thiazole rings is 1. The number of anilines is 1. The van der Waals surface area contributed by atoms with Gasteiger partial charge in [-0.2, -0.15) is 0 Å². The average molecular weight is 480 g/mol. The lowest BCUT2D eigenvalue weighted by atomic mass is 10.2. The van der Waals surface area contributed by atoms with Crippen molar-refractivity contribution in [2.75, 3.05) is 25.9 Å². The van der Waals surface area contributed by atoms with E-state index in [1.807, 2.05) is 0 Å². The van der Waals surface area contributed by atoms with Crippen molar-refractivity contribution in [2.45, 2.75) is 11.2 Å². The molecule has 1 fully saturated rings. The Morgan fingerprint density at radius 2 is 2.25 bits per heavy atom. The highest BCUT2D eigenvalue weighted by Crippen LogP contribution is 2.37.